The molecule has 2 bridgehead atoms. The molecular formula is C31H35NO7. The number of hydrogen-bond acceptors (Lipinski definition) is 7. The van der Waals surface area contributed by atoms with Crippen molar-refractivity contribution in [2.45, 2.75) is 69.5 Å². The summed E-state index contributed by atoms with van der Waals surface area (Å²) in [4.78, 5) is 31.1. The summed E-state index contributed by atoms with van der Waals surface area (Å²) < 4.78 is 12.2. The zero-order valence-corrected chi connectivity index (χ0v) is 22.3. The Morgan fingerprint density at radius 2 is 1.95 bits per heavy atom. The summed E-state index contributed by atoms with van der Waals surface area (Å²) >= 11 is 0. The van der Waals surface area contributed by atoms with Crippen molar-refractivity contribution < 1.29 is 34.4 Å². The molecule has 2 saturated heterocycles. The first-order valence-corrected chi connectivity index (χ1v) is 14.2. The number of aliphatic hydroxyl groups is 3. The SMILES string of the molecule is C=C1[C@@H]2CC[C@H]3[C@@]45COC(O)([C@@H](O)[C@@H]4C(C)(C)CC[C@@H]5O)[C@]34C(=O)[C@@]1(OC(=O)Cc1c[nH]c3ccccc13)[C@H]24. The number of benzene rings is 1. The minimum absolute atomic E-state index is 0.0115. The van der Waals surface area contributed by atoms with Crippen LogP contribution in [0.3, 0.4) is 0 Å². The smallest absolute Gasteiger partial charge is 0.311 e. The molecule has 3 heterocycles. The quantitative estimate of drug-likeness (QED) is 0.353. The summed E-state index contributed by atoms with van der Waals surface area (Å²) in [6, 6.07) is 7.68. The van der Waals surface area contributed by atoms with Gasteiger partial charge in [0.15, 0.2) is 11.4 Å². The molecule has 1 aromatic heterocycles. The van der Waals surface area contributed by atoms with Crippen LogP contribution in [0.15, 0.2) is 42.6 Å². The van der Waals surface area contributed by atoms with Crippen LogP contribution in [-0.2, 0) is 25.5 Å². The standard InChI is InChI=1S/C31H35NO7/c1-15-17-8-9-20-28-14-38-31(37,25(35)24(28)27(2,3)11-10-21(28)33)29(20)23(17)30(15,26(29)36)39-22(34)12-16-13-32-19-7-5-4-6-18(16)19/h4-7,13,17,20-21,23-25,32-33,35,37H,1,8-12,14H2,2-3H3/t17-,20-,21-,23+,24+,25-,28+,29+,30-,31?/m0/s1. The molecule has 7 fully saturated rings. The largest absolute Gasteiger partial charge is 0.446 e. The lowest BCUT2D eigenvalue weighted by Crippen LogP contribution is -2.97. The van der Waals surface area contributed by atoms with Crippen LogP contribution in [0.2, 0.25) is 0 Å². The van der Waals surface area contributed by atoms with E-state index < -0.39 is 58.0 Å². The van der Waals surface area contributed by atoms with E-state index in [0.717, 1.165) is 22.9 Å². The van der Waals surface area contributed by atoms with Crippen LogP contribution in [0.25, 0.3) is 10.9 Å². The van der Waals surface area contributed by atoms with E-state index in [1.54, 1.807) is 6.20 Å². The van der Waals surface area contributed by atoms with Crippen LogP contribution < -0.4 is 0 Å². The highest BCUT2D eigenvalue weighted by Gasteiger charge is 2.97. The van der Waals surface area contributed by atoms with E-state index in [2.05, 4.69) is 25.4 Å². The van der Waals surface area contributed by atoms with Gasteiger partial charge in [-0.25, -0.2) is 0 Å². The second-order valence-electron chi connectivity index (χ2n) is 13.7. The Bertz CT molecular complexity index is 1480. The number of esters is 1. The van der Waals surface area contributed by atoms with Gasteiger partial charge in [-0.05, 0) is 60.1 Å². The maximum Gasteiger partial charge on any atom is 0.311 e. The second-order valence-corrected chi connectivity index (χ2v) is 13.7. The van der Waals surface area contributed by atoms with Gasteiger partial charge < -0.3 is 29.8 Å². The third-order valence-electron chi connectivity index (χ3n) is 12.2. The summed E-state index contributed by atoms with van der Waals surface area (Å²) in [7, 11) is 0. The molecule has 1 unspecified atom stereocenters. The number of nitrogens with one attached hydrogen (secondary N) is 1. The van der Waals surface area contributed by atoms with Crippen molar-refractivity contribution in [3.8, 4) is 0 Å². The van der Waals surface area contributed by atoms with E-state index in [1.807, 2.05) is 24.3 Å². The number of carbonyl (C=O) groups excluding carboxylic acids is 2. The summed E-state index contributed by atoms with van der Waals surface area (Å²) in [5.74, 6) is -4.52. The third kappa shape index (κ3) is 2.30. The number of fused-ring (bicyclic) bond motifs is 2. The van der Waals surface area contributed by atoms with Gasteiger partial charge in [0.2, 0.25) is 5.79 Å². The fourth-order valence-electron chi connectivity index (χ4n) is 10.8. The molecule has 5 saturated carbocycles. The van der Waals surface area contributed by atoms with Crippen molar-refractivity contribution in [1.82, 2.24) is 4.98 Å². The Hall–Kier alpha value is -2.52. The Labute approximate surface area is 226 Å². The topological polar surface area (TPSA) is 129 Å². The fraction of sp³-hybridized carbons (Fsp3) is 0.613. The van der Waals surface area contributed by atoms with E-state index in [1.165, 1.54) is 0 Å². The average molecular weight is 534 g/mol. The first-order valence-electron chi connectivity index (χ1n) is 14.2. The maximum absolute atomic E-state index is 14.6. The van der Waals surface area contributed by atoms with E-state index >= 15 is 0 Å². The van der Waals surface area contributed by atoms with Gasteiger partial charge in [-0.15, -0.1) is 0 Å². The highest BCUT2D eigenvalue weighted by Crippen LogP contribution is 2.85. The molecule has 206 valence electrons. The summed E-state index contributed by atoms with van der Waals surface area (Å²) in [5, 5.41) is 36.5. The number of ketones is 1. The Kier molecular flexibility index (Phi) is 4.38. The van der Waals surface area contributed by atoms with Crippen molar-refractivity contribution in [2.24, 2.45) is 39.9 Å². The number of carbonyl (C=O) groups is 2. The highest BCUT2D eigenvalue weighted by atomic mass is 16.6. The van der Waals surface area contributed by atoms with Crippen LogP contribution in [0.1, 0.15) is 45.1 Å². The third-order valence-corrected chi connectivity index (χ3v) is 12.2. The number of para-hydroxylation sites is 1. The molecule has 2 spiro atoms. The first kappa shape index (κ1) is 24.3. The molecule has 8 nitrogen and oxygen atoms in total. The summed E-state index contributed by atoms with van der Waals surface area (Å²) in [5.41, 5.74) is -1.91. The number of aromatic amines is 1. The lowest BCUT2D eigenvalue weighted by molar-refractivity contribution is -0.483. The predicted octanol–water partition coefficient (Wildman–Crippen LogP) is 2.65. The Morgan fingerprint density at radius 3 is 2.74 bits per heavy atom. The Morgan fingerprint density at radius 1 is 1.18 bits per heavy atom. The van der Waals surface area contributed by atoms with E-state index in [9.17, 15) is 24.9 Å². The van der Waals surface area contributed by atoms with Crippen LogP contribution in [0.5, 0.6) is 0 Å². The number of ether oxygens (including phenoxy) is 2. The van der Waals surface area contributed by atoms with E-state index in [4.69, 9.17) is 9.47 Å². The fourth-order valence-corrected chi connectivity index (χ4v) is 10.8. The van der Waals surface area contributed by atoms with Gasteiger partial charge in [-0.3, -0.25) is 9.59 Å². The normalized spacial score (nSPS) is 48.4. The molecule has 2 aromatic rings. The van der Waals surface area contributed by atoms with Crippen molar-refractivity contribution in [3.63, 3.8) is 0 Å². The second kappa shape index (κ2) is 7.03. The molecule has 39 heavy (non-hydrogen) atoms. The first-order chi connectivity index (χ1) is 18.5. The average Bonchev–Trinajstić information content (AvgIpc) is 3.31. The maximum atomic E-state index is 14.6. The minimum Gasteiger partial charge on any atom is -0.446 e. The molecular weight excluding hydrogens is 498 g/mol. The number of rotatable bonds is 3. The molecule has 7 aliphatic rings. The zero-order valence-electron chi connectivity index (χ0n) is 22.3. The van der Waals surface area contributed by atoms with Crippen LogP contribution >= 0.6 is 0 Å². The molecule has 8 heteroatoms. The molecule has 2 aliphatic heterocycles. The molecule has 9 rings (SSSR count). The Balaban J connectivity index is 1.19. The number of hydrogen-bond donors (Lipinski definition) is 4. The van der Waals surface area contributed by atoms with E-state index in [-0.39, 0.29) is 30.3 Å². The molecule has 4 N–H and O–H groups in total. The van der Waals surface area contributed by atoms with Crippen molar-refractivity contribution in [2.75, 3.05) is 6.61 Å². The van der Waals surface area contributed by atoms with Gasteiger partial charge in [0.25, 0.3) is 0 Å². The van der Waals surface area contributed by atoms with Crippen LogP contribution in [0, 0.1) is 39.9 Å². The molecule has 5 aliphatic carbocycles. The highest BCUT2D eigenvalue weighted by molar-refractivity contribution is 6.09. The van der Waals surface area contributed by atoms with Gasteiger partial charge in [0.05, 0.1) is 19.1 Å². The van der Waals surface area contributed by atoms with Crippen molar-refractivity contribution in [1.29, 1.82) is 0 Å². The van der Waals surface area contributed by atoms with E-state index in [0.29, 0.717) is 24.8 Å². The van der Waals surface area contributed by atoms with Crippen LogP contribution in [-0.4, -0.2) is 62.3 Å². The van der Waals surface area contributed by atoms with Gasteiger partial charge in [-0.1, -0.05) is 38.6 Å². The molecule has 10 atom stereocenters. The number of aliphatic hydroxyl groups excluding tert-OH is 2. The minimum atomic E-state index is -2.10. The van der Waals surface area contributed by atoms with Crippen molar-refractivity contribution >= 4 is 22.7 Å². The number of Topliss-reactive ketones (excluding diaryl/α,β-unsaturated/α-hetero) is 1. The zero-order chi connectivity index (χ0) is 27.3. The molecule has 0 radical (unpaired) electrons. The lowest BCUT2D eigenvalue weighted by atomic mass is 9.21. The van der Waals surface area contributed by atoms with Gasteiger partial charge in [0, 0.05) is 34.4 Å². The predicted molar refractivity (Wildman–Crippen MR) is 139 cm³/mol. The van der Waals surface area contributed by atoms with Gasteiger partial charge >= 0.3 is 5.97 Å². The molecule has 1 aromatic carbocycles. The summed E-state index contributed by atoms with van der Waals surface area (Å²) in [6.07, 6.45) is 2.27. The van der Waals surface area contributed by atoms with Crippen molar-refractivity contribution in [3.05, 3.63) is 48.2 Å². The monoisotopic (exact) mass is 533 g/mol. The lowest BCUT2D eigenvalue weighted by Gasteiger charge is -2.84. The van der Waals surface area contributed by atoms with Crippen LogP contribution in [0.4, 0.5) is 0 Å². The summed E-state index contributed by atoms with van der Waals surface area (Å²) in [6.45, 7) is 8.44. The van der Waals surface area contributed by atoms with Gasteiger partial charge in [-0.2, -0.15) is 0 Å². The number of H-pyrrole nitrogens is 1. The molecule has 0 amide bonds. The van der Waals surface area contributed by atoms with Gasteiger partial charge in [0.1, 0.15) is 11.5 Å². The number of aromatic nitrogens is 1.